The van der Waals surface area contributed by atoms with Gasteiger partial charge in [0.25, 0.3) is 0 Å². The number of nitrogens with zero attached hydrogens (tertiary/aromatic N) is 1. The first-order valence-corrected chi connectivity index (χ1v) is 6.56. The Morgan fingerprint density at radius 2 is 1.78 bits per heavy atom. The van der Waals surface area contributed by atoms with Gasteiger partial charge in [0.2, 0.25) is 0 Å². The summed E-state index contributed by atoms with van der Waals surface area (Å²) in [5, 5.41) is 3.55. The van der Waals surface area contributed by atoms with E-state index in [0.717, 1.165) is 13.1 Å². The minimum absolute atomic E-state index is 0.887. The number of nitrogens with one attached hydrogen (secondary N) is 1. The van der Waals surface area contributed by atoms with Crippen LogP contribution in [0.1, 0.15) is 29.2 Å². The molecule has 1 aromatic carbocycles. The molecule has 1 heterocycles. The Hall–Kier alpha value is -1.70. The van der Waals surface area contributed by atoms with Crippen molar-refractivity contribution in [1.29, 1.82) is 0 Å². The van der Waals surface area contributed by atoms with E-state index in [9.17, 15) is 0 Å². The van der Waals surface area contributed by atoms with Crippen LogP contribution in [0, 0.1) is 20.8 Å². The number of aromatic nitrogens is 1. The molecule has 0 saturated carbocycles. The largest absolute Gasteiger partial charge is 0.380 e. The molecule has 18 heavy (non-hydrogen) atoms. The summed E-state index contributed by atoms with van der Waals surface area (Å²) >= 11 is 0. The minimum Gasteiger partial charge on any atom is -0.380 e. The topological polar surface area (TPSA) is 17.0 Å². The molecule has 96 valence electrons. The predicted octanol–water partition coefficient (Wildman–Crippen LogP) is 4.05. The smallest absolute Gasteiger partial charge is 0.0416 e. The average molecular weight is 242 g/mol. The summed E-state index contributed by atoms with van der Waals surface area (Å²) in [6, 6.07) is 6.63. The van der Waals surface area contributed by atoms with Crippen LogP contribution in [0.2, 0.25) is 0 Å². The molecule has 0 radical (unpaired) electrons. The molecule has 0 fully saturated rings. The second kappa shape index (κ2) is 5.30. The van der Waals surface area contributed by atoms with Crippen molar-refractivity contribution in [3.8, 4) is 0 Å². The van der Waals surface area contributed by atoms with E-state index in [1.807, 2.05) is 0 Å². The molecule has 0 aliphatic rings. The maximum atomic E-state index is 3.55. The molecule has 0 aliphatic carbocycles. The summed E-state index contributed by atoms with van der Waals surface area (Å²) in [5.41, 5.74) is 6.57. The predicted molar refractivity (Wildman–Crippen MR) is 78.1 cm³/mol. The van der Waals surface area contributed by atoms with Crippen LogP contribution in [0.4, 0.5) is 5.69 Å². The van der Waals surface area contributed by atoms with Crippen molar-refractivity contribution >= 4 is 5.69 Å². The van der Waals surface area contributed by atoms with E-state index in [2.05, 4.69) is 68.2 Å². The van der Waals surface area contributed by atoms with Crippen LogP contribution in [-0.4, -0.2) is 4.57 Å². The van der Waals surface area contributed by atoms with Crippen molar-refractivity contribution in [1.82, 2.24) is 4.57 Å². The molecule has 1 aromatic heterocycles. The highest BCUT2D eigenvalue weighted by Gasteiger charge is 2.03. The maximum absolute atomic E-state index is 3.55. The maximum Gasteiger partial charge on any atom is 0.0416 e. The number of hydrogen-bond donors (Lipinski definition) is 1. The van der Waals surface area contributed by atoms with Gasteiger partial charge < -0.3 is 9.88 Å². The van der Waals surface area contributed by atoms with Gasteiger partial charge in [0.05, 0.1) is 0 Å². The van der Waals surface area contributed by atoms with E-state index in [0.29, 0.717) is 0 Å². The lowest BCUT2D eigenvalue weighted by atomic mass is 10.1. The van der Waals surface area contributed by atoms with Gasteiger partial charge in [-0.25, -0.2) is 0 Å². The summed E-state index contributed by atoms with van der Waals surface area (Å²) in [6.45, 7) is 10.6. The third-order valence-corrected chi connectivity index (χ3v) is 3.32. The van der Waals surface area contributed by atoms with Crippen LogP contribution < -0.4 is 5.32 Å². The normalized spacial score (nSPS) is 10.7. The summed E-state index contributed by atoms with van der Waals surface area (Å²) in [7, 11) is 0. The fourth-order valence-electron chi connectivity index (χ4n) is 2.44. The standard InChI is InChI=1S/C16H22N2/c1-5-18-7-6-15(11-18)10-17-16-13(3)8-12(2)9-14(16)4/h6-9,11,17H,5,10H2,1-4H3. The Kier molecular flexibility index (Phi) is 3.75. The SMILES string of the molecule is CCn1ccc(CNc2c(C)cc(C)cc2C)c1. The van der Waals surface area contributed by atoms with Gasteiger partial charge in [0.15, 0.2) is 0 Å². The first kappa shape index (κ1) is 12.7. The Morgan fingerprint density at radius 1 is 1.11 bits per heavy atom. The number of benzene rings is 1. The lowest BCUT2D eigenvalue weighted by Crippen LogP contribution is -2.02. The van der Waals surface area contributed by atoms with E-state index in [4.69, 9.17) is 0 Å². The molecular weight excluding hydrogens is 220 g/mol. The van der Waals surface area contributed by atoms with Gasteiger partial charge in [-0.1, -0.05) is 17.7 Å². The Morgan fingerprint density at radius 3 is 2.33 bits per heavy atom. The summed E-state index contributed by atoms with van der Waals surface area (Å²) in [6.07, 6.45) is 4.33. The van der Waals surface area contributed by atoms with Gasteiger partial charge in [0.1, 0.15) is 0 Å². The zero-order valence-electron chi connectivity index (χ0n) is 11.7. The Bertz CT molecular complexity index is 515. The second-order valence-corrected chi connectivity index (χ2v) is 4.98. The van der Waals surface area contributed by atoms with Crippen molar-refractivity contribution < 1.29 is 0 Å². The van der Waals surface area contributed by atoms with Gasteiger partial charge in [-0.2, -0.15) is 0 Å². The van der Waals surface area contributed by atoms with Crippen molar-refractivity contribution in [3.63, 3.8) is 0 Å². The Balaban J connectivity index is 2.10. The van der Waals surface area contributed by atoms with E-state index in [1.165, 1.54) is 27.9 Å². The first-order chi connectivity index (χ1) is 8.60. The lowest BCUT2D eigenvalue weighted by molar-refractivity contribution is 0.766. The summed E-state index contributed by atoms with van der Waals surface area (Å²) in [4.78, 5) is 0. The van der Waals surface area contributed by atoms with Crippen LogP contribution in [0.5, 0.6) is 0 Å². The van der Waals surface area contributed by atoms with Crippen molar-refractivity contribution in [2.75, 3.05) is 5.32 Å². The average Bonchev–Trinajstić information content (AvgIpc) is 2.75. The lowest BCUT2D eigenvalue weighted by Gasteiger charge is -2.13. The van der Waals surface area contributed by atoms with Gasteiger partial charge >= 0.3 is 0 Å². The molecule has 0 bridgehead atoms. The fourth-order valence-corrected chi connectivity index (χ4v) is 2.44. The summed E-state index contributed by atoms with van der Waals surface area (Å²) < 4.78 is 2.20. The number of hydrogen-bond acceptors (Lipinski definition) is 1. The molecule has 2 nitrogen and oxygen atoms in total. The molecule has 2 heteroatoms. The monoisotopic (exact) mass is 242 g/mol. The molecule has 2 rings (SSSR count). The quantitative estimate of drug-likeness (QED) is 0.856. The van der Waals surface area contributed by atoms with E-state index in [-0.39, 0.29) is 0 Å². The zero-order valence-corrected chi connectivity index (χ0v) is 11.7. The van der Waals surface area contributed by atoms with Crippen molar-refractivity contribution in [2.24, 2.45) is 0 Å². The number of rotatable bonds is 4. The molecule has 0 amide bonds. The van der Waals surface area contributed by atoms with Crippen LogP contribution in [0.15, 0.2) is 30.6 Å². The Labute approximate surface area is 110 Å². The third kappa shape index (κ3) is 2.76. The molecule has 0 aliphatic heterocycles. The van der Waals surface area contributed by atoms with Crippen molar-refractivity contribution in [3.05, 3.63) is 52.8 Å². The van der Waals surface area contributed by atoms with Crippen LogP contribution in [-0.2, 0) is 13.1 Å². The van der Waals surface area contributed by atoms with Crippen LogP contribution in [0.25, 0.3) is 0 Å². The molecule has 0 atom stereocenters. The highest BCUT2D eigenvalue weighted by molar-refractivity contribution is 5.58. The molecule has 2 aromatic rings. The van der Waals surface area contributed by atoms with E-state index >= 15 is 0 Å². The molecule has 0 saturated heterocycles. The minimum atomic E-state index is 0.887. The highest BCUT2D eigenvalue weighted by atomic mass is 14.9. The zero-order chi connectivity index (χ0) is 13.1. The molecule has 0 unspecified atom stereocenters. The van der Waals surface area contributed by atoms with Gasteiger partial charge in [-0.3, -0.25) is 0 Å². The van der Waals surface area contributed by atoms with Gasteiger partial charge in [-0.15, -0.1) is 0 Å². The summed E-state index contributed by atoms with van der Waals surface area (Å²) in [5.74, 6) is 0. The number of anilines is 1. The highest BCUT2D eigenvalue weighted by Crippen LogP contribution is 2.22. The first-order valence-electron chi connectivity index (χ1n) is 6.56. The van der Waals surface area contributed by atoms with E-state index in [1.54, 1.807) is 0 Å². The van der Waals surface area contributed by atoms with E-state index < -0.39 is 0 Å². The van der Waals surface area contributed by atoms with Crippen molar-refractivity contribution in [2.45, 2.75) is 40.8 Å². The second-order valence-electron chi connectivity index (χ2n) is 4.98. The third-order valence-electron chi connectivity index (χ3n) is 3.32. The van der Waals surface area contributed by atoms with Gasteiger partial charge in [0, 0.05) is 31.2 Å². The number of aryl methyl sites for hydroxylation is 4. The molecule has 0 spiro atoms. The molecule has 1 N–H and O–H groups in total. The fraction of sp³-hybridized carbons (Fsp3) is 0.375. The molecular formula is C16H22N2. The van der Waals surface area contributed by atoms with Crippen LogP contribution in [0.3, 0.4) is 0 Å². The van der Waals surface area contributed by atoms with Crippen LogP contribution >= 0.6 is 0 Å². The van der Waals surface area contributed by atoms with Gasteiger partial charge in [-0.05, 0) is 50.5 Å².